The Hall–Kier alpha value is -0.210. The zero-order chi connectivity index (χ0) is 13.3. The Bertz CT molecular complexity index is 369. The van der Waals surface area contributed by atoms with Crippen molar-refractivity contribution in [2.75, 3.05) is 26.2 Å². The zero-order valence-electron chi connectivity index (χ0n) is 10.9. The molecule has 0 aromatic rings. The van der Waals surface area contributed by atoms with Crippen LogP contribution in [-0.4, -0.2) is 66.6 Å². The van der Waals surface area contributed by atoms with Crippen molar-refractivity contribution in [3.05, 3.63) is 0 Å². The number of rotatable bonds is 2. The van der Waals surface area contributed by atoms with E-state index in [1.807, 2.05) is 13.8 Å². The molecule has 18 heavy (non-hydrogen) atoms. The van der Waals surface area contributed by atoms with Gasteiger partial charge in [0.1, 0.15) is 0 Å². The highest BCUT2D eigenvalue weighted by atomic mass is 32.2. The molecular formula is C11H22N2O4S. The van der Waals surface area contributed by atoms with E-state index in [4.69, 9.17) is 4.74 Å². The van der Waals surface area contributed by atoms with Crippen molar-refractivity contribution in [1.82, 2.24) is 8.61 Å². The molecule has 2 rings (SSSR count). The quantitative estimate of drug-likeness (QED) is 0.759. The lowest BCUT2D eigenvalue weighted by molar-refractivity contribution is -0.0458. The summed E-state index contributed by atoms with van der Waals surface area (Å²) in [5, 5.41) is 9.43. The predicted molar refractivity (Wildman–Crippen MR) is 67.3 cm³/mol. The van der Waals surface area contributed by atoms with Gasteiger partial charge in [0.25, 0.3) is 10.2 Å². The fraction of sp³-hybridized carbons (Fsp3) is 1.00. The third kappa shape index (κ3) is 3.03. The van der Waals surface area contributed by atoms with Crippen LogP contribution in [0.2, 0.25) is 0 Å². The van der Waals surface area contributed by atoms with E-state index >= 15 is 0 Å². The molecule has 2 atom stereocenters. The van der Waals surface area contributed by atoms with Crippen molar-refractivity contribution in [2.24, 2.45) is 0 Å². The van der Waals surface area contributed by atoms with E-state index < -0.39 is 10.2 Å². The van der Waals surface area contributed by atoms with Gasteiger partial charge in [0, 0.05) is 26.2 Å². The second-order valence-corrected chi connectivity index (χ2v) is 7.14. The topological polar surface area (TPSA) is 70.1 Å². The van der Waals surface area contributed by atoms with Gasteiger partial charge in [-0.2, -0.15) is 17.0 Å². The van der Waals surface area contributed by atoms with Crippen molar-refractivity contribution in [2.45, 2.75) is 45.0 Å². The Labute approximate surface area is 109 Å². The van der Waals surface area contributed by atoms with Crippen LogP contribution in [0.5, 0.6) is 0 Å². The van der Waals surface area contributed by atoms with Gasteiger partial charge in [0.2, 0.25) is 0 Å². The Morgan fingerprint density at radius 2 is 1.56 bits per heavy atom. The van der Waals surface area contributed by atoms with E-state index in [1.54, 1.807) is 0 Å². The highest BCUT2D eigenvalue weighted by molar-refractivity contribution is 7.86. The van der Waals surface area contributed by atoms with Gasteiger partial charge in [-0.1, -0.05) is 0 Å². The van der Waals surface area contributed by atoms with Crippen molar-refractivity contribution < 1.29 is 18.3 Å². The highest BCUT2D eigenvalue weighted by Gasteiger charge is 2.36. The maximum atomic E-state index is 12.5. The molecule has 0 radical (unpaired) electrons. The van der Waals surface area contributed by atoms with Gasteiger partial charge >= 0.3 is 0 Å². The van der Waals surface area contributed by atoms with Gasteiger partial charge in [-0.05, 0) is 26.7 Å². The minimum Gasteiger partial charge on any atom is -0.393 e. The first-order chi connectivity index (χ1) is 8.39. The second-order valence-electron chi connectivity index (χ2n) is 5.21. The normalized spacial score (nSPS) is 33.7. The number of aliphatic hydroxyl groups is 1. The van der Waals surface area contributed by atoms with Gasteiger partial charge in [-0.15, -0.1) is 0 Å². The summed E-state index contributed by atoms with van der Waals surface area (Å²) in [5.41, 5.74) is 0. The number of hydrogen-bond acceptors (Lipinski definition) is 4. The van der Waals surface area contributed by atoms with Crippen LogP contribution in [-0.2, 0) is 14.9 Å². The van der Waals surface area contributed by atoms with Gasteiger partial charge in [0.05, 0.1) is 18.3 Å². The number of piperidine rings is 1. The minimum absolute atomic E-state index is 0.0705. The van der Waals surface area contributed by atoms with E-state index in [0.29, 0.717) is 39.0 Å². The molecule has 0 saturated carbocycles. The zero-order valence-corrected chi connectivity index (χ0v) is 11.8. The molecule has 0 unspecified atom stereocenters. The molecule has 0 aliphatic carbocycles. The molecule has 2 heterocycles. The first kappa shape index (κ1) is 14.2. The summed E-state index contributed by atoms with van der Waals surface area (Å²) in [7, 11) is -3.40. The Morgan fingerprint density at radius 3 is 2.06 bits per heavy atom. The maximum absolute atomic E-state index is 12.5. The first-order valence-electron chi connectivity index (χ1n) is 6.48. The fourth-order valence-electron chi connectivity index (χ4n) is 2.56. The van der Waals surface area contributed by atoms with Gasteiger partial charge in [-0.25, -0.2) is 0 Å². The number of nitrogens with zero attached hydrogens (tertiary/aromatic N) is 2. The Kier molecular flexibility index (Phi) is 4.28. The van der Waals surface area contributed by atoms with Crippen LogP contribution in [0.3, 0.4) is 0 Å². The third-order valence-corrected chi connectivity index (χ3v) is 5.43. The SMILES string of the molecule is C[C@@H]1CN(S(=O)(=O)N2CCC(O)CC2)C[C@H](C)O1. The fourth-order valence-corrected chi connectivity index (χ4v) is 4.35. The second kappa shape index (κ2) is 5.42. The standard InChI is InChI=1S/C11H22N2O4S/c1-9-7-13(8-10(2)17-9)18(15,16)12-5-3-11(14)4-6-12/h9-11,14H,3-8H2,1-2H3/t9-,10+. The van der Waals surface area contributed by atoms with Crippen molar-refractivity contribution >= 4 is 10.2 Å². The summed E-state index contributed by atoms with van der Waals surface area (Å²) in [6.45, 7) is 5.40. The highest BCUT2D eigenvalue weighted by Crippen LogP contribution is 2.20. The molecule has 0 spiro atoms. The largest absolute Gasteiger partial charge is 0.393 e. The Balaban J connectivity index is 2.06. The van der Waals surface area contributed by atoms with Gasteiger partial charge < -0.3 is 9.84 Å². The van der Waals surface area contributed by atoms with Crippen molar-refractivity contribution in [1.29, 1.82) is 0 Å². The summed E-state index contributed by atoms with van der Waals surface area (Å²) >= 11 is 0. The van der Waals surface area contributed by atoms with Crippen LogP contribution in [0.15, 0.2) is 0 Å². The molecule has 6 nitrogen and oxygen atoms in total. The number of morpholine rings is 1. The molecule has 2 fully saturated rings. The van der Waals surface area contributed by atoms with Gasteiger partial charge in [0.15, 0.2) is 0 Å². The predicted octanol–water partition coefficient (Wildman–Crippen LogP) is -0.203. The molecule has 1 N–H and O–H groups in total. The lowest BCUT2D eigenvalue weighted by Crippen LogP contribution is -2.54. The van der Waals surface area contributed by atoms with E-state index in [-0.39, 0.29) is 18.3 Å². The Morgan fingerprint density at radius 1 is 1.06 bits per heavy atom. The maximum Gasteiger partial charge on any atom is 0.282 e. The van der Waals surface area contributed by atoms with Crippen LogP contribution in [0.4, 0.5) is 0 Å². The summed E-state index contributed by atoms with van der Waals surface area (Å²) in [6, 6.07) is 0. The molecule has 0 aromatic carbocycles. The number of hydrogen-bond donors (Lipinski definition) is 1. The van der Waals surface area contributed by atoms with Crippen LogP contribution >= 0.6 is 0 Å². The summed E-state index contributed by atoms with van der Waals surface area (Å²) in [6.07, 6.45) is 0.542. The summed E-state index contributed by atoms with van der Waals surface area (Å²) in [4.78, 5) is 0. The number of ether oxygens (including phenoxy) is 1. The van der Waals surface area contributed by atoms with Crippen LogP contribution in [0.25, 0.3) is 0 Å². The molecule has 7 heteroatoms. The van der Waals surface area contributed by atoms with E-state index in [9.17, 15) is 13.5 Å². The van der Waals surface area contributed by atoms with E-state index in [2.05, 4.69) is 0 Å². The summed E-state index contributed by atoms with van der Waals surface area (Å²) in [5.74, 6) is 0. The smallest absolute Gasteiger partial charge is 0.282 e. The molecular weight excluding hydrogens is 256 g/mol. The lowest BCUT2D eigenvalue weighted by atomic mass is 10.1. The van der Waals surface area contributed by atoms with Crippen LogP contribution in [0.1, 0.15) is 26.7 Å². The average Bonchev–Trinajstić information content (AvgIpc) is 2.28. The molecule has 0 bridgehead atoms. The van der Waals surface area contributed by atoms with E-state index in [0.717, 1.165) is 0 Å². The molecule has 0 amide bonds. The molecule has 2 aliphatic heterocycles. The van der Waals surface area contributed by atoms with Crippen molar-refractivity contribution in [3.8, 4) is 0 Å². The first-order valence-corrected chi connectivity index (χ1v) is 7.88. The average molecular weight is 278 g/mol. The molecule has 106 valence electrons. The van der Waals surface area contributed by atoms with Gasteiger partial charge in [-0.3, -0.25) is 0 Å². The summed E-state index contributed by atoms with van der Waals surface area (Å²) < 4.78 is 33.4. The monoisotopic (exact) mass is 278 g/mol. The molecule has 2 aliphatic rings. The minimum atomic E-state index is -3.40. The van der Waals surface area contributed by atoms with Crippen LogP contribution in [0, 0.1) is 0 Å². The van der Waals surface area contributed by atoms with Crippen LogP contribution < -0.4 is 0 Å². The van der Waals surface area contributed by atoms with E-state index in [1.165, 1.54) is 8.61 Å². The molecule has 2 saturated heterocycles. The third-order valence-electron chi connectivity index (χ3n) is 3.46. The number of aliphatic hydroxyl groups excluding tert-OH is 1. The molecule has 0 aromatic heterocycles. The lowest BCUT2D eigenvalue weighted by Gasteiger charge is -2.38. The van der Waals surface area contributed by atoms with Crippen molar-refractivity contribution in [3.63, 3.8) is 0 Å².